The number of nitrogens with zero attached hydrogens (tertiary/aromatic N) is 7. The molecule has 0 aliphatic heterocycles. The van der Waals surface area contributed by atoms with Crippen molar-refractivity contribution < 1.29 is 321 Å². The Bertz CT molecular complexity index is 4290. The van der Waals surface area contributed by atoms with E-state index in [9.17, 15) is 36.5 Å². The van der Waals surface area contributed by atoms with Gasteiger partial charge in [0.25, 0.3) is 0 Å². The summed E-state index contributed by atoms with van der Waals surface area (Å²) in [7, 11) is -19.2. The van der Waals surface area contributed by atoms with Gasteiger partial charge in [0.2, 0.25) is 0 Å². The first-order valence-electron chi connectivity index (χ1n) is 19.7. The van der Waals surface area contributed by atoms with E-state index in [0.717, 1.165) is 34.2 Å². The fourth-order valence-corrected chi connectivity index (χ4v) is 9.15. The molecule has 0 unspecified atom stereocenters. The van der Waals surface area contributed by atoms with Gasteiger partial charge in [0.1, 0.15) is 44.3 Å². The minimum Gasteiger partial charge on any atom is -0.755 e. The second-order valence-electron chi connectivity index (χ2n) is 14.2. The van der Waals surface area contributed by atoms with E-state index in [1.54, 1.807) is 25.1 Å². The van der Waals surface area contributed by atoms with E-state index in [0.29, 0.717) is 27.2 Å². The van der Waals surface area contributed by atoms with Gasteiger partial charge in [-0.05, 0) is 47.5 Å². The van der Waals surface area contributed by atoms with Crippen LogP contribution >= 0.6 is 34.5 Å². The van der Waals surface area contributed by atoms with E-state index in [-0.39, 0.29) is 323 Å². The monoisotopic (exact) mass is 1370 g/mol. The summed E-state index contributed by atoms with van der Waals surface area (Å²) < 4.78 is 148. The zero-order chi connectivity index (χ0) is 56.1. The maximum absolute atomic E-state index is 12.0. The van der Waals surface area contributed by atoms with Crippen LogP contribution in [0.15, 0.2) is 133 Å². The zero-order valence-electron chi connectivity index (χ0n) is 42.3. The van der Waals surface area contributed by atoms with E-state index in [4.69, 9.17) is 61.1 Å². The first-order valence-corrected chi connectivity index (χ1v) is 27.1. The van der Waals surface area contributed by atoms with E-state index >= 15 is 0 Å². The number of nitriles is 2. The van der Waals surface area contributed by atoms with Crippen molar-refractivity contribution in [2.75, 3.05) is 10.6 Å². The van der Waals surface area contributed by atoms with Crippen LogP contribution in [-0.4, -0.2) is 68.8 Å². The van der Waals surface area contributed by atoms with Crippen LogP contribution in [-0.2, 0) is 52.1 Å². The van der Waals surface area contributed by atoms with Crippen molar-refractivity contribution in [2.24, 2.45) is 20.5 Å². The van der Waals surface area contributed by atoms with Crippen molar-refractivity contribution in [3.63, 3.8) is 0 Å². The van der Waals surface area contributed by atoms with Crippen molar-refractivity contribution >= 4 is 153 Å². The van der Waals surface area contributed by atoms with Crippen molar-refractivity contribution in [2.45, 2.75) is 16.7 Å². The third kappa shape index (κ3) is 24.8. The quantitative estimate of drug-likeness (QED) is 0.0527. The van der Waals surface area contributed by atoms with Gasteiger partial charge in [-0.15, -0.1) is 83.0 Å². The predicted octanol–water partition coefficient (Wildman–Crippen LogP) is -5.99. The van der Waals surface area contributed by atoms with Crippen LogP contribution in [0.25, 0.3) is 32.7 Å². The maximum Gasteiger partial charge on any atom is 1.00 e. The number of nitrogens with one attached hydrogen (secondary N) is 2. The van der Waals surface area contributed by atoms with E-state index in [1.807, 2.05) is 42.5 Å². The Morgan fingerprint density at radius 3 is 1.75 bits per heavy atom. The van der Waals surface area contributed by atoms with Crippen LogP contribution in [0, 0.1) is 47.8 Å². The number of azo groups is 2. The van der Waals surface area contributed by atoms with Crippen LogP contribution in [0.2, 0.25) is 10.0 Å². The summed E-state index contributed by atoms with van der Waals surface area (Å²) in [4.78, 5) is 3.45. The predicted molar refractivity (Wildman–Crippen MR) is 269 cm³/mol. The van der Waals surface area contributed by atoms with E-state index in [1.165, 1.54) is 30.3 Å². The number of rotatable bonds is 11. The topological polar surface area (TPSA) is 402 Å². The summed E-state index contributed by atoms with van der Waals surface area (Å²) in [6.07, 6.45) is 0. The fraction of sp³-hybridized carbons (Fsp3) is 0.0227. The van der Waals surface area contributed by atoms with Crippen molar-refractivity contribution in [3.05, 3.63) is 148 Å². The number of fused-ring (bicyclic) bond motifs is 2. The molecular formula is C44H22Cl2K5N9O15S6. The summed E-state index contributed by atoms with van der Waals surface area (Å²) in [5.74, 6) is 0.00794. The Labute approximate surface area is 692 Å². The molecule has 0 saturated heterocycles. The van der Waals surface area contributed by atoms with Gasteiger partial charge in [-0.25, -0.2) is 36.0 Å². The Morgan fingerprint density at radius 1 is 0.617 bits per heavy atom. The van der Waals surface area contributed by atoms with Crippen molar-refractivity contribution in [1.29, 1.82) is 10.5 Å². The maximum atomic E-state index is 12.0. The number of anilines is 4. The summed E-state index contributed by atoms with van der Waals surface area (Å²) in [6, 6.07) is 39.7. The smallest absolute Gasteiger partial charge is 0.755 e. The Hall–Kier alpha value is -0.0882. The first-order chi connectivity index (χ1) is 35.8. The van der Waals surface area contributed by atoms with Crippen LogP contribution < -0.4 is 268 Å². The molecule has 0 aliphatic carbocycles. The number of hydrogen-bond acceptors (Lipinski definition) is 25. The molecule has 2 heterocycles. The molecule has 81 heavy (non-hydrogen) atoms. The molecule has 2 aromatic heterocycles. The molecular weight excluding hydrogens is 1350 g/mol. The molecule has 0 atom stereocenters. The van der Waals surface area contributed by atoms with Crippen molar-refractivity contribution in [1.82, 2.24) is 4.98 Å². The molecule has 0 aliphatic rings. The molecule has 8 rings (SSSR count). The molecule has 2 N–H and O–H groups in total. The van der Waals surface area contributed by atoms with E-state index < -0.39 is 61.9 Å². The molecule has 388 valence electrons. The fourth-order valence-electron chi connectivity index (χ4n) is 6.49. The summed E-state index contributed by atoms with van der Waals surface area (Å²) in [5, 5.41) is 47.6. The second kappa shape index (κ2) is 38.3. The average molecular weight is 1380 g/mol. The molecule has 0 spiro atoms. The Balaban J connectivity index is 0.00000343. The van der Waals surface area contributed by atoms with Gasteiger partial charge in [0.05, 0.1) is 25.6 Å². The van der Waals surface area contributed by atoms with Gasteiger partial charge >= 0.3 is 289 Å². The van der Waals surface area contributed by atoms with Gasteiger partial charge in [-0.1, -0.05) is 74.9 Å². The molecule has 0 amide bonds. The number of pyridine rings is 1. The molecule has 6 aromatic carbocycles. The Morgan fingerprint density at radius 2 is 1.19 bits per heavy atom. The zero-order valence-corrected chi connectivity index (χ0v) is 64.3. The summed E-state index contributed by atoms with van der Waals surface area (Å²) in [6.45, 7) is 1.58. The second-order valence-corrected chi connectivity index (χ2v) is 19.9. The SMILES string of the molecule is Cc1c(C#N)c(Nc2ccc(Cl)c(S(=O)(=O)[O-])c2)nc(Nc2c[c-]c(Cl)cc2)c1N=Nc1sc(N=Nc2c[c-]c3c[c-]cc(S(=O)(=O)[O-])c3c2)c(-c2ccc3ccccc3c2)c1C#N.O=S(=O)=O.O=S(=O)=O.O=S(=O)=O.[K+].[K+].[K+].[K+].[K+]. The summed E-state index contributed by atoms with van der Waals surface area (Å²) >= 11 is 13.1. The minimum atomic E-state index is -4.96. The minimum absolute atomic E-state index is 0. The van der Waals surface area contributed by atoms with Gasteiger partial charge in [0, 0.05) is 22.5 Å². The molecule has 24 nitrogen and oxygen atoms in total. The molecule has 0 saturated carbocycles. The number of hydrogen-bond donors (Lipinski definition) is 2. The molecule has 8 aromatic rings. The third-order valence-corrected chi connectivity index (χ3v) is 12.9. The normalized spacial score (nSPS) is 10.3. The van der Waals surface area contributed by atoms with Gasteiger partial charge in [0.15, 0.2) is 10.8 Å². The van der Waals surface area contributed by atoms with Gasteiger partial charge in [-0.3, -0.25) is 19.9 Å². The standard InChI is InChI=1S/C44H24Cl2N9O6S3.5K.3O3S/c1-24-34(22-47)41(50-31-17-18-36(46)38(21-31)64(59,60)61)51-42(49-30-15-12-29(45)13-16-30)40(24)53-54-43-35(23-48)39(28-10-9-25-5-2-3-6-27(25)19-28)44(62-43)55-52-32-14-11-26-7-4-8-37(33(26)20-32)63(56,57)58;;;;;;3*1-4(2)3/h2-3,5-10,12,14-21H,1H3,(H2,49,50,51)(H,56,57,58)(H,59,60,61);;;;;;;;/q-3;5*+1;;;/p-2. The Kier molecular flexibility index (Phi) is 38.3. The number of halogens is 2. The van der Waals surface area contributed by atoms with Crippen LogP contribution in [0.5, 0.6) is 0 Å². The van der Waals surface area contributed by atoms with E-state index in [2.05, 4.69) is 66.4 Å². The van der Waals surface area contributed by atoms with Gasteiger partial charge in [-0.2, -0.15) is 34.8 Å². The number of aromatic nitrogens is 1. The summed E-state index contributed by atoms with van der Waals surface area (Å²) in [5.41, 5.74) is 2.02. The molecule has 0 radical (unpaired) electrons. The molecule has 0 fully saturated rings. The first kappa shape index (κ1) is 80.9. The average Bonchev–Trinajstić information content (AvgIpc) is 3.70. The van der Waals surface area contributed by atoms with Crippen molar-refractivity contribution in [3.8, 4) is 23.3 Å². The van der Waals surface area contributed by atoms with Crippen LogP contribution in [0.3, 0.4) is 0 Å². The van der Waals surface area contributed by atoms with Crippen LogP contribution in [0.1, 0.15) is 16.7 Å². The van der Waals surface area contributed by atoms with Gasteiger partial charge < -0.3 is 19.7 Å². The molecule has 0 bridgehead atoms. The number of thiophene rings is 1. The largest absolute Gasteiger partial charge is 1.00 e. The number of benzene rings is 6. The third-order valence-electron chi connectivity index (χ3n) is 9.48. The van der Waals surface area contributed by atoms with Crippen LogP contribution in [0.4, 0.5) is 44.4 Å². The molecule has 37 heteroatoms.